The van der Waals surface area contributed by atoms with Crippen molar-refractivity contribution in [2.75, 3.05) is 0 Å². The quantitative estimate of drug-likeness (QED) is 0.277. The summed E-state index contributed by atoms with van der Waals surface area (Å²) in [6.07, 6.45) is 5.12. The first kappa shape index (κ1) is 12.1. The Morgan fingerprint density at radius 1 is 1.25 bits per heavy atom. The Kier molecular flexibility index (Phi) is 9.26. The van der Waals surface area contributed by atoms with Gasteiger partial charge in [-0.3, -0.25) is 4.58 Å². The molecule has 0 aromatic rings. The minimum Gasteiger partial charge on any atom is -0.265 e. The summed E-state index contributed by atoms with van der Waals surface area (Å²) in [6, 6.07) is 1.10. The molecule has 0 heterocycles. The molecule has 0 amide bonds. The molecule has 0 unspecified atom stereocenters. The van der Waals surface area contributed by atoms with E-state index in [1.807, 2.05) is 0 Å². The Hall–Kier alpha value is 0.0969. The Bertz CT molecular complexity index is 88.4. The Labute approximate surface area is 76.9 Å². The van der Waals surface area contributed by atoms with Crippen molar-refractivity contribution in [2.45, 2.75) is 45.6 Å². The second-order valence-corrected chi connectivity index (χ2v) is 4.84. The molecule has 12 heavy (non-hydrogen) atoms. The van der Waals surface area contributed by atoms with Crippen LogP contribution < -0.4 is 0 Å². The maximum atomic E-state index is 7.85. The van der Waals surface area contributed by atoms with Gasteiger partial charge in [0.1, 0.15) is 0 Å². The standard InChI is InChI=1S/C8H20O3Si/c1-8(2)6-4-3-5-7-12-11-10-9/h8-9H,3-7,12H2,1-2H3. The highest BCUT2D eigenvalue weighted by molar-refractivity contribution is 6.26. The lowest BCUT2D eigenvalue weighted by Crippen LogP contribution is -1.96. The zero-order valence-electron chi connectivity index (χ0n) is 8.08. The van der Waals surface area contributed by atoms with E-state index in [-0.39, 0.29) is 0 Å². The van der Waals surface area contributed by atoms with Crippen LogP contribution in [0.25, 0.3) is 0 Å². The summed E-state index contributed by atoms with van der Waals surface area (Å²) >= 11 is 0. The Balaban J connectivity index is 2.82. The van der Waals surface area contributed by atoms with Crippen LogP contribution >= 0.6 is 0 Å². The Morgan fingerprint density at radius 2 is 2.00 bits per heavy atom. The van der Waals surface area contributed by atoms with Crippen molar-refractivity contribution in [3.05, 3.63) is 0 Å². The van der Waals surface area contributed by atoms with Gasteiger partial charge >= 0.3 is 0 Å². The summed E-state index contributed by atoms with van der Waals surface area (Å²) in [5, 5.41) is 11.4. The molecule has 0 aromatic carbocycles. The fourth-order valence-corrected chi connectivity index (χ4v) is 1.85. The van der Waals surface area contributed by atoms with E-state index >= 15 is 0 Å². The first-order valence-electron chi connectivity index (χ1n) is 4.70. The van der Waals surface area contributed by atoms with Gasteiger partial charge in [-0.25, -0.2) is 5.26 Å². The first-order chi connectivity index (χ1) is 5.77. The lowest BCUT2D eigenvalue weighted by atomic mass is 10.1. The molecular formula is C8H20O3Si. The van der Waals surface area contributed by atoms with Crippen LogP contribution in [0.2, 0.25) is 6.04 Å². The van der Waals surface area contributed by atoms with Gasteiger partial charge in [0.05, 0.1) is 0 Å². The fraction of sp³-hybridized carbons (Fsp3) is 1.00. The molecule has 0 saturated carbocycles. The molecular weight excluding hydrogens is 172 g/mol. The van der Waals surface area contributed by atoms with Crippen LogP contribution in [0.15, 0.2) is 0 Å². The number of unbranched alkanes of at least 4 members (excludes halogenated alkanes) is 2. The molecule has 74 valence electrons. The van der Waals surface area contributed by atoms with Crippen LogP contribution in [0, 0.1) is 5.92 Å². The topological polar surface area (TPSA) is 38.7 Å². The van der Waals surface area contributed by atoms with E-state index in [1.165, 1.54) is 25.7 Å². The molecule has 0 spiro atoms. The van der Waals surface area contributed by atoms with Crippen LogP contribution in [-0.4, -0.2) is 15.0 Å². The maximum absolute atomic E-state index is 7.85. The zero-order chi connectivity index (χ0) is 9.23. The molecule has 0 aromatic heterocycles. The molecule has 0 saturated heterocycles. The molecule has 0 fully saturated rings. The lowest BCUT2D eigenvalue weighted by molar-refractivity contribution is -0.442. The van der Waals surface area contributed by atoms with E-state index in [0.717, 1.165) is 12.0 Å². The molecule has 0 aliphatic rings. The average Bonchev–Trinajstić information content (AvgIpc) is 2.02. The molecule has 0 rings (SSSR count). The summed E-state index contributed by atoms with van der Waals surface area (Å²) in [5.74, 6) is 0.819. The van der Waals surface area contributed by atoms with Gasteiger partial charge in [-0.05, 0) is 12.0 Å². The fourth-order valence-electron chi connectivity index (χ4n) is 1.10. The van der Waals surface area contributed by atoms with Crippen molar-refractivity contribution in [3.63, 3.8) is 0 Å². The van der Waals surface area contributed by atoms with Crippen molar-refractivity contribution in [2.24, 2.45) is 5.92 Å². The van der Waals surface area contributed by atoms with Gasteiger partial charge in [-0.2, -0.15) is 0 Å². The minimum atomic E-state index is -0.608. The average molecular weight is 192 g/mol. The van der Waals surface area contributed by atoms with E-state index in [1.54, 1.807) is 0 Å². The second kappa shape index (κ2) is 9.19. The van der Waals surface area contributed by atoms with Crippen molar-refractivity contribution < 1.29 is 14.9 Å². The molecule has 0 aliphatic heterocycles. The molecule has 3 nitrogen and oxygen atoms in total. The predicted octanol–water partition coefficient (Wildman–Crippen LogP) is 2.13. The number of rotatable bonds is 8. The van der Waals surface area contributed by atoms with Crippen molar-refractivity contribution in [1.29, 1.82) is 0 Å². The van der Waals surface area contributed by atoms with Crippen LogP contribution in [0.5, 0.6) is 0 Å². The zero-order valence-corrected chi connectivity index (χ0v) is 9.50. The molecule has 0 bridgehead atoms. The second-order valence-electron chi connectivity index (χ2n) is 3.49. The molecule has 4 heteroatoms. The van der Waals surface area contributed by atoms with E-state index in [9.17, 15) is 0 Å². The smallest absolute Gasteiger partial charge is 0.212 e. The van der Waals surface area contributed by atoms with Gasteiger partial charge in [-0.15, -0.1) is 0 Å². The van der Waals surface area contributed by atoms with Crippen LogP contribution in [0.4, 0.5) is 0 Å². The summed E-state index contributed by atoms with van der Waals surface area (Å²) < 4.78 is 4.46. The maximum Gasteiger partial charge on any atom is 0.212 e. The summed E-state index contributed by atoms with van der Waals surface area (Å²) in [5.41, 5.74) is 0. The van der Waals surface area contributed by atoms with Gasteiger partial charge in [0.2, 0.25) is 9.76 Å². The predicted molar refractivity (Wildman–Crippen MR) is 51.5 cm³/mol. The van der Waals surface area contributed by atoms with Crippen LogP contribution in [0.3, 0.4) is 0 Å². The monoisotopic (exact) mass is 192 g/mol. The van der Waals surface area contributed by atoms with Gasteiger partial charge in [0.25, 0.3) is 0 Å². The molecule has 0 aliphatic carbocycles. The van der Waals surface area contributed by atoms with Gasteiger partial charge in [0, 0.05) is 0 Å². The molecule has 0 atom stereocenters. The molecule has 1 N–H and O–H groups in total. The SMILES string of the molecule is CC(C)CCCCC[SiH2]OOO. The van der Waals surface area contributed by atoms with Crippen LogP contribution in [0.1, 0.15) is 39.5 Å². The third kappa shape index (κ3) is 10.1. The highest BCUT2D eigenvalue weighted by atomic mass is 28.2. The van der Waals surface area contributed by atoms with Crippen LogP contribution in [-0.2, 0) is 9.61 Å². The lowest BCUT2D eigenvalue weighted by Gasteiger charge is -2.03. The van der Waals surface area contributed by atoms with E-state index in [4.69, 9.17) is 5.26 Å². The summed E-state index contributed by atoms with van der Waals surface area (Å²) in [6.45, 7) is 4.49. The highest BCUT2D eigenvalue weighted by Crippen LogP contribution is 2.09. The van der Waals surface area contributed by atoms with E-state index in [0.29, 0.717) is 0 Å². The largest absolute Gasteiger partial charge is 0.265 e. The summed E-state index contributed by atoms with van der Waals surface area (Å²) in [4.78, 5) is 0. The normalized spacial score (nSPS) is 12.0. The van der Waals surface area contributed by atoms with E-state index < -0.39 is 9.76 Å². The van der Waals surface area contributed by atoms with Gasteiger partial charge in [0.15, 0.2) is 0 Å². The van der Waals surface area contributed by atoms with Crippen molar-refractivity contribution >= 4 is 9.76 Å². The molecule has 0 radical (unpaired) electrons. The minimum absolute atomic E-state index is 0.608. The number of hydrogen-bond acceptors (Lipinski definition) is 3. The third-order valence-electron chi connectivity index (χ3n) is 1.81. The van der Waals surface area contributed by atoms with E-state index in [2.05, 4.69) is 23.5 Å². The Morgan fingerprint density at radius 3 is 2.58 bits per heavy atom. The highest BCUT2D eigenvalue weighted by Gasteiger charge is 1.95. The van der Waals surface area contributed by atoms with Crippen molar-refractivity contribution in [3.8, 4) is 0 Å². The van der Waals surface area contributed by atoms with Crippen molar-refractivity contribution in [1.82, 2.24) is 0 Å². The van der Waals surface area contributed by atoms with Gasteiger partial charge < -0.3 is 0 Å². The third-order valence-corrected chi connectivity index (χ3v) is 2.87. The first-order valence-corrected chi connectivity index (χ1v) is 6.28. The summed E-state index contributed by atoms with van der Waals surface area (Å²) in [7, 11) is -0.608. The van der Waals surface area contributed by atoms with Gasteiger partial charge in [-0.1, -0.05) is 44.6 Å². The number of hydrogen-bond donors (Lipinski definition) is 1.